The van der Waals surface area contributed by atoms with E-state index in [0.717, 1.165) is 30.7 Å². The van der Waals surface area contributed by atoms with Gasteiger partial charge in [0.25, 0.3) is 5.91 Å². The molecular formula is C14H14F3NO3. The highest BCUT2D eigenvalue weighted by Gasteiger charge is 2.44. The number of aliphatic carboxylic acids is 1. The van der Waals surface area contributed by atoms with Crippen molar-refractivity contribution in [1.29, 1.82) is 0 Å². The molecule has 0 radical (unpaired) electrons. The van der Waals surface area contributed by atoms with Crippen molar-refractivity contribution in [3.63, 3.8) is 0 Å². The molecule has 0 bridgehead atoms. The topological polar surface area (TPSA) is 66.4 Å². The minimum absolute atomic E-state index is 0.0117. The number of benzene rings is 1. The summed E-state index contributed by atoms with van der Waals surface area (Å²) in [5, 5.41) is 11.6. The van der Waals surface area contributed by atoms with Gasteiger partial charge in [-0.3, -0.25) is 9.59 Å². The van der Waals surface area contributed by atoms with Gasteiger partial charge in [0.2, 0.25) is 0 Å². The standard InChI is InChI=1S/C14H14F3NO3/c15-14(16,17)10-4-2-9(3-5-10)11(19)18-8-13(12(20)21)6-1-7-13/h2-5H,1,6-8H2,(H,18,19)(H,20,21). The zero-order chi connectivity index (χ0) is 15.7. The molecule has 21 heavy (non-hydrogen) atoms. The highest BCUT2D eigenvalue weighted by molar-refractivity contribution is 5.94. The monoisotopic (exact) mass is 301 g/mol. The summed E-state index contributed by atoms with van der Waals surface area (Å²) in [6.45, 7) is -0.0117. The Morgan fingerprint density at radius 3 is 2.14 bits per heavy atom. The fourth-order valence-corrected chi connectivity index (χ4v) is 2.23. The summed E-state index contributed by atoms with van der Waals surface area (Å²) < 4.78 is 37.2. The van der Waals surface area contributed by atoms with Crippen LogP contribution in [0.3, 0.4) is 0 Å². The molecule has 2 N–H and O–H groups in total. The highest BCUT2D eigenvalue weighted by Crippen LogP contribution is 2.40. The van der Waals surface area contributed by atoms with E-state index in [1.165, 1.54) is 0 Å². The van der Waals surface area contributed by atoms with E-state index in [2.05, 4.69) is 5.32 Å². The van der Waals surface area contributed by atoms with Crippen molar-refractivity contribution >= 4 is 11.9 Å². The van der Waals surface area contributed by atoms with Gasteiger partial charge in [0.15, 0.2) is 0 Å². The van der Waals surface area contributed by atoms with Crippen molar-refractivity contribution in [2.24, 2.45) is 5.41 Å². The van der Waals surface area contributed by atoms with Crippen molar-refractivity contribution in [2.45, 2.75) is 25.4 Å². The lowest BCUT2D eigenvalue weighted by Gasteiger charge is -2.37. The number of hydrogen-bond acceptors (Lipinski definition) is 2. The van der Waals surface area contributed by atoms with Crippen LogP contribution in [-0.2, 0) is 11.0 Å². The Morgan fingerprint density at radius 2 is 1.76 bits per heavy atom. The van der Waals surface area contributed by atoms with Gasteiger partial charge < -0.3 is 10.4 Å². The minimum atomic E-state index is -4.45. The third-order valence-corrected chi connectivity index (χ3v) is 3.83. The van der Waals surface area contributed by atoms with E-state index < -0.39 is 29.0 Å². The first-order chi connectivity index (χ1) is 9.74. The number of amides is 1. The SMILES string of the molecule is O=C(NCC1(C(=O)O)CCC1)c1ccc(C(F)(F)F)cc1. The van der Waals surface area contributed by atoms with Crippen LogP contribution in [0.15, 0.2) is 24.3 Å². The second-order valence-corrected chi connectivity index (χ2v) is 5.20. The van der Waals surface area contributed by atoms with E-state index in [4.69, 9.17) is 5.11 Å². The summed E-state index contributed by atoms with van der Waals surface area (Å²) in [6.07, 6.45) is -2.66. The molecule has 0 atom stereocenters. The molecule has 1 aromatic carbocycles. The van der Waals surface area contributed by atoms with Crippen LogP contribution >= 0.6 is 0 Å². The Bertz CT molecular complexity index is 548. The Hall–Kier alpha value is -2.05. The van der Waals surface area contributed by atoms with Crippen LogP contribution in [-0.4, -0.2) is 23.5 Å². The Labute approximate surface area is 119 Å². The van der Waals surface area contributed by atoms with Crippen molar-refractivity contribution < 1.29 is 27.9 Å². The van der Waals surface area contributed by atoms with E-state index >= 15 is 0 Å². The van der Waals surface area contributed by atoms with Crippen molar-refractivity contribution in [3.8, 4) is 0 Å². The lowest BCUT2D eigenvalue weighted by molar-refractivity contribution is -0.153. The maximum Gasteiger partial charge on any atom is 0.416 e. The van der Waals surface area contributed by atoms with E-state index in [1.807, 2.05) is 0 Å². The summed E-state index contributed by atoms with van der Waals surface area (Å²) in [5.74, 6) is -1.53. The minimum Gasteiger partial charge on any atom is -0.481 e. The van der Waals surface area contributed by atoms with Crippen molar-refractivity contribution in [1.82, 2.24) is 5.32 Å². The third-order valence-electron chi connectivity index (χ3n) is 3.83. The fraction of sp³-hybridized carbons (Fsp3) is 0.429. The van der Waals surface area contributed by atoms with Gasteiger partial charge in [0.05, 0.1) is 11.0 Å². The number of halogens is 3. The molecule has 1 saturated carbocycles. The average Bonchev–Trinajstić information content (AvgIpc) is 2.36. The Balaban J connectivity index is 1.99. The number of hydrogen-bond donors (Lipinski definition) is 2. The van der Waals surface area contributed by atoms with Crippen LogP contribution in [0.4, 0.5) is 13.2 Å². The first kappa shape index (κ1) is 15.3. The quantitative estimate of drug-likeness (QED) is 0.898. The number of carbonyl (C=O) groups is 2. The van der Waals surface area contributed by atoms with E-state index in [9.17, 15) is 22.8 Å². The van der Waals surface area contributed by atoms with Gasteiger partial charge in [-0.05, 0) is 37.1 Å². The molecule has 0 unspecified atom stereocenters. The maximum atomic E-state index is 12.4. The predicted molar refractivity (Wildman–Crippen MR) is 67.7 cm³/mol. The molecule has 1 fully saturated rings. The molecule has 2 rings (SSSR count). The summed E-state index contributed by atoms with van der Waals surface area (Å²) in [5.41, 5.74) is -1.69. The lowest BCUT2D eigenvalue weighted by Crippen LogP contribution is -2.47. The largest absolute Gasteiger partial charge is 0.481 e. The molecule has 1 aliphatic carbocycles. The zero-order valence-electron chi connectivity index (χ0n) is 11.0. The number of alkyl halides is 3. The van der Waals surface area contributed by atoms with E-state index in [1.54, 1.807) is 0 Å². The first-order valence-corrected chi connectivity index (χ1v) is 6.43. The Kier molecular flexibility index (Phi) is 3.93. The van der Waals surface area contributed by atoms with Gasteiger partial charge >= 0.3 is 12.1 Å². The highest BCUT2D eigenvalue weighted by atomic mass is 19.4. The molecule has 7 heteroatoms. The summed E-state index contributed by atoms with van der Waals surface area (Å²) in [6, 6.07) is 3.80. The maximum absolute atomic E-state index is 12.4. The van der Waals surface area contributed by atoms with Crippen molar-refractivity contribution in [3.05, 3.63) is 35.4 Å². The van der Waals surface area contributed by atoms with Gasteiger partial charge in [-0.1, -0.05) is 6.42 Å². The summed E-state index contributed by atoms with van der Waals surface area (Å²) in [7, 11) is 0. The summed E-state index contributed by atoms with van der Waals surface area (Å²) in [4.78, 5) is 23.0. The molecule has 114 valence electrons. The zero-order valence-corrected chi connectivity index (χ0v) is 11.0. The van der Waals surface area contributed by atoms with E-state index in [0.29, 0.717) is 12.8 Å². The molecule has 1 aromatic rings. The summed E-state index contributed by atoms with van der Waals surface area (Å²) >= 11 is 0. The van der Waals surface area contributed by atoms with Crippen LogP contribution < -0.4 is 5.32 Å². The number of carboxylic acids is 1. The molecule has 1 amide bonds. The smallest absolute Gasteiger partial charge is 0.416 e. The van der Waals surface area contributed by atoms with Crippen LogP contribution in [0, 0.1) is 5.41 Å². The molecule has 0 heterocycles. The van der Waals surface area contributed by atoms with Gasteiger partial charge in [-0.25, -0.2) is 0 Å². The molecule has 1 aliphatic rings. The lowest BCUT2D eigenvalue weighted by atomic mass is 9.69. The molecule has 0 saturated heterocycles. The average molecular weight is 301 g/mol. The van der Waals surface area contributed by atoms with Gasteiger partial charge in [0.1, 0.15) is 0 Å². The van der Waals surface area contributed by atoms with Gasteiger partial charge in [-0.2, -0.15) is 13.2 Å². The second-order valence-electron chi connectivity index (χ2n) is 5.20. The molecule has 4 nitrogen and oxygen atoms in total. The molecular weight excluding hydrogens is 287 g/mol. The number of nitrogens with one attached hydrogen (secondary N) is 1. The predicted octanol–water partition coefficient (Wildman–Crippen LogP) is 2.69. The fourth-order valence-electron chi connectivity index (χ4n) is 2.23. The number of carboxylic acid groups (broad SMARTS) is 1. The first-order valence-electron chi connectivity index (χ1n) is 6.43. The number of carbonyl (C=O) groups excluding carboxylic acids is 1. The van der Waals surface area contributed by atoms with Crippen LogP contribution in [0.1, 0.15) is 35.2 Å². The molecule has 0 spiro atoms. The normalized spacial score (nSPS) is 16.9. The van der Waals surface area contributed by atoms with Crippen LogP contribution in [0.25, 0.3) is 0 Å². The van der Waals surface area contributed by atoms with Gasteiger partial charge in [0, 0.05) is 12.1 Å². The Morgan fingerprint density at radius 1 is 1.19 bits per heavy atom. The van der Waals surface area contributed by atoms with Crippen LogP contribution in [0.2, 0.25) is 0 Å². The molecule has 0 aromatic heterocycles. The second kappa shape index (κ2) is 5.38. The van der Waals surface area contributed by atoms with E-state index in [-0.39, 0.29) is 12.1 Å². The number of rotatable bonds is 4. The molecule has 0 aliphatic heterocycles. The van der Waals surface area contributed by atoms with Crippen molar-refractivity contribution in [2.75, 3.05) is 6.54 Å². The van der Waals surface area contributed by atoms with Crippen LogP contribution in [0.5, 0.6) is 0 Å². The third kappa shape index (κ3) is 3.17. The van der Waals surface area contributed by atoms with Gasteiger partial charge in [-0.15, -0.1) is 0 Å².